The van der Waals surface area contributed by atoms with E-state index in [1.807, 2.05) is 48.7 Å². The Kier molecular flexibility index (Phi) is 7.19. The molecule has 3 aromatic rings. The number of nitrogens with zero attached hydrogens (tertiary/aromatic N) is 4. The van der Waals surface area contributed by atoms with Gasteiger partial charge in [-0.2, -0.15) is 0 Å². The molecular weight excluding hydrogens is 370 g/mol. The van der Waals surface area contributed by atoms with Gasteiger partial charge in [-0.05, 0) is 44.4 Å². The molecule has 0 bridgehead atoms. The Morgan fingerprint density at radius 1 is 1.14 bits per heavy atom. The Morgan fingerprint density at radius 2 is 1.89 bits per heavy atom. The minimum Gasteiger partial charge on any atom is -0.353 e. The number of aromatic nitrogens is 4. The molecule has 3 rings (SSSR count). The van der Waals surface area contributed by atoms with Crippen LogP contribution in [0.25, 0.3) is 11.4 Å². The highest BCUT2D eigenvalue weighted by Gasteiger charge is 2.15. The van der Waals surface area contributed by atoms with E-state index in [-0.39, 0.29) is 11.9 Å². The highest BCUT2D eigenvalue weighted by molar-refractivity contribution is 7.99. The smallest absolute Gasteiger partial charge is 0.230 e. The minimum atomic E-state index is 0.0154. The molecule has 146 valence electrons. The maximum atomic E-state index is 12.3. The minimum absolute atomic E-state index is 0.0154. The molecule has 0 aliphatic heterocycles. The fraction of sp³-hybridized carbons (Fsp3) is 0.333. The topological polar surface area (TPSA) is 72.7 Å². The molecule has 1 aromatic carbocycles. The van der Waals surface area contributed by atoms with Crippen molar-refractivity contribution in [2.24, 2.45) is 0 Å². The lowest BCUT2D eigenvalue weighted by Gasteiger charge is -2.14. The normalized spacial score (nSPS) is 11.9. The number of carbonyl (C=O) groups is 1. The number of benzene rings is 1. The molecule has 1 atom stereocenters. The standard InChI is InChI=1S/C21H25N5OS/c1-3-26-20(18-11-13-22-14-12-18)24-25-21(26)28-15-19(27)23-16(2)9-10-17-7-5-4-6-8-17/h4-8,11-14,16H,3,9-10,15H2,1-2H3,(H,23,27)/t16-/m0/s1. The van der Waals surface area contributed by atoms with Crippen LogP contribution in [0.2, 0.25) is 0 Å². The monoisotopic (exact) mass is 395 g/mol. The van der Waals surface area contributed by atoms with Crippen molar-refractivity contribution in [3.63, 3.8) is 0 Å². The maximum absolute atomic E-state index is 12.3. The first-order chi connectivity index (χ1) is 13.7. The summed E-state index contributed by atoms with van der Waals surface area (Å²) in [6.07, 6.45) is 5.34. The molecule has 0 saturated heterocycles. The second kappa shape index (κ2) is 10.0. The Hall–Kier alpha value is -2.67. The van der Waals surface area contributed by atoms with Crippen molar-refractivity contribution in [1.82, 2.24) is 25.1 Å². The number of nitrogens with one attached hydrogen (secondary N) is 1. The van der Waals surface area contributed by atoms with E-state index in [0.29, 0.717) is 5.75 Å². The summed E-state index contributed by atoms with van der Waals surface area (Å²) >= 11 is 1.41. The number of aryl methyl sites for hydroxylation is 1. The second-order valence-electron chi connectivity index (χ2n) is 6.57. The highest BCUT2D eigenvalue weighted by Crippen LogP contribution is 2.23. The predicted octanol–water partition coefficient (Wildman–Crippen LogP) is 3.59. The zero-order chi connectivity index (χ0) is 19.8. The number of pyridine rings is 1. The van der Waals surface area contributed by atoms with Gasteiger partial charge in [-0.15, -0.1) is 10.2 Å². The van der Waals surface area contributed by atoms with E-state index in [1.165, 1.54) is 17.3 Å². The van der Waals surface area contributed by atoms with Crippen LogP contribution < -0.4 is 5.32 Å². The van der Waals surface area contributed by atoms with Gasteiger partial charge >= 0.3 is 0 Å². The Balaban J connectivity index is 1.51. The van der Waals surface area contributed by atoms with Crippen LogP contribution in [-0.4, -0.2) is 37.5 Å². The van der Waals surface area contributed by atoms with Gasteiger partial charge in [0.2, 0.25) is 5.91 Å². The van der Waals surface area contributed by atoms with Crippen molar-refractivity contribution in [2.45, 2.75) is 44.4 Å². The number of carbonyl (C=O) groups excluding carboxylic acids is 1. The SMILES string of the molecule is CCn1c(SCC(=O)N[C@@H](C)CCc2ccccc2)nnc1-c1ccncc1. The van der Waals surface area contributed by atoms with Gasteiger partial charge in [0.1, 0.15) is 0 Å². The number of hydrogen-bond acceptors (Lipinski definition) is 5. The lowest BCUT2D eigenvalue weighted by atomic mass is 10.1. The predicted molar refractivity (Wildman–Crippen MR) is 112 cm³/mol. The third-order valence-electron chi connectivity index (χ3n) is 4.42. The molecule has 1 amide bonds. The molecule has 0 aliphatic rings. The van der Waals surface area contributed by atoms with E-state index in [0.717, 1.165) is 35.9 Å². The van der Waals surface area contributed by atoms with Crippen LogP contribution in [0.4, 0.5) is 0 Å². The summed E-state index contributed by atoms with van der Waals surface area (Å²) in [5.74, 6) is 1.13. The van der Waals surface area contributed by atoms with Crippen LogP contribution in [0.15, 0.2) is 60.0 Å². The van der Waals surface area contributed by atoms with E-state index in [1.54, 1.807) is 12.4 Å². The van der Waals surface area contributed by atoms with E-state index >= 15 is 0 Å². The average Bonchev–Trinajstić information content (AvgIpc) is 3.15. The number of amides is 1. The number of hydrogen-bond donors (Lipinski definition) is 1. The second-order valence-corrected chi connectivity index (χ2v) is 7.51. The third kappa shape index (κ3) is 5.42. The molecular formula is C21H25N5OS. The zero-order valence-corrected chi connectivity index (χ0v) is 17.0. The maximum Gasteiger partial charge on any atom is 0.230 e. The summed E-state index contributed by atoms with van der Waals surface area (Å²) in [5.41, 5.74) is 2.26. The van der Waals surface area contributed by atoms with E-state index in [4.69, 9.17) is 0 Å². The summed E-state index contributed by atoms with van der Waals surface area (Å²) in [5, 5.41) is 12.4. The van der Waals surface area contributed by atoms with Crippen LogP contribution in [0.3, 0.4) is 0 Å². The van der Waals surface area contributed by atoms with E-state index in [9.17, 15) is 4.79 Å². The summed E-state index contributed by atoms with van der Waals surface area (Å²) in [6, 6.07) is 14.3. The Morgan fingerprint density at radius 3 is 2.61 bits per heavy atom. The highest BCUT2D eigenvalue weighted by atomic mass is 32.2. The number of rotatable bonds is 9. The van der Waals surface area contributed by atoms with Crippen molar-refractivity contribution in [3.05, 3.63) is 60.4 Å². The van der Waals surface area contributed by atoms with Crippen molar-refractivity contribution in [1.29, 1.82) is 0 Å². The molecule has 7 heteroatoms. The molecule has 28 heavy (non-hydrogen) atoms. The summed E-state index contributed by atoms with van der Waals surface area (Å²) in [7, 11) is 0. The molecule has 0 aliphatic carbocycles. The fourth-order valence-corrected chi connectivity index (χ4v) is 3.76. The first-order valence-electron chi connectivity index (χ1n) is 9.47. The van der Waals surface area contributed by atoms with Crippen molar-refractivity contribution in [3.8, 4) is 11.4 Å². The molecule has 0 saturated carbocycles. The largest absolute Gasteiger partial charge is 0.353 e. The molecule has 2 aromatic heterocycles. The van der Waals surface area contributed by atoms with Crippen LogP contribution >= 0.6 is 11.8 Å². The molecule has 0 spiro atoms. The lowest BCUT2D eigenvalue weighted by Crippen LogP contribution is -2.34. The van der Waals surface area contributed by atoms with Gasteiger partial charge in [-0.25, -0.2) is 0 Å². The van der Waals surface area contributed by atoms with Gasteiger partial charge in [-0.3, -0.25) is 9.78 Å². The van der Waals surface area contributed by atoms with Crippen molar-refractivity contribution in [2.75, 3.05) is 5.75 Å². The van der Waals surface area contributed by atoms with Crippen LogP contribution in [0.1, 0.15) is 25.8 Å². The summed E-state index contributed by atoms with van der Waals surface area (Å²) in [6.45, 7) is 4.83. The quantitative estimate of drug-likeness (QED) is 0.561. The van der Waals surface area contributed by atoms with Gasteiger partial charge in [0.25, 0.3) is 0 Å². The van der Waals surface area contributed by atoms with Crippen LogP contribution in [0.5, 0.6) is 0 Å². The summed E-state index contributed by atoms with van der Waals surface area (Å²) < 4.78 is 2.02. The van der Waals surface area contributed by atoms with Gasteiger partial charge < -0.3 is 9.88 Å². The van der Waals surface area contributed by atoms with Gasteiger partial charge in [0, 0.05) is 30.5 Å². The molecule has 0 fully saturated rings. The molecule has 0 radical (unpaired) electrons. The Bertz CT molecular complexity index is 882. The fourth-order valence-electron chi connectivity index (χ4n) is 2.94. The third-order valence-corrected chi connectivity index (χ3v) is 5.39. The molecule has 1 N–H and O–H groups in total. The number of thioether (sulfide) groups is 1. The molecule has 2 heterocycles. The lowest BCUT2D eigenvalue weighted by molar-refractivity contribution is -0.119. The van der Waals surface area contributed by atoms with Gasteiger partial charge in [0.15, 0.2) is 11.0 Å². The van der Waals surface area contributed by atoms with E-state index in [2.05, 4.69) is 32.6 Å². The first kappa shape index (κ1) is 20.1. The molecule has 6 nitrogen and oxygen atoms in total. The average molecular weight is 396 g/mol. The molecule has 0 unspecified atom stereocenters. The first-order valence-corrected chi connectivity index (χ1v) is 10.5. The van der Waals surface area contributed by atoms with Gasteiger partial charge in [-0.1, -0.05) is 42.1 Å². The van der Waals surface area contributed by atoms with Crippen LogP contribution in [0, 0.1) is 0 Å². The van der Waals surface area contributed by atoms with Crippen LogP contribution in [-0.2, 0) is 17.8 Å². The van der Waals surface area contributed by atoms with E-state index < -0.39 is 0 Å². The summed E-state index contributed by atoms with van der Waals surface area (Å²) in [4.78, 5) is 16.4. The van der Waals surface area contributed by atoms with Gasteiger partial charge in [0.05, 0.1) is 5.75 Å². The van der Waals surface area contributed by atoms with Crippen molar-refractivity contribution < 1.29 is 4.79 Å². The zero-order valence-electron chi connectivity index (χ0n) is 16.2. The Labute approximate surface area is 169 Å². The van der Waals surface area contributed by atoms with Crippen molar-refractivity contribution >= 4 is 17.7 Å².